The molecule has 2 N–H and O–H groups in total. The second-order valence-corrected chi connectivity index (χ2v) is 7.26. The van der Waals surface area contributed by atoms with Crippen molar-refractivity contribution in [2.24, 2.45) is 5.92 Å². The Kier molecular flexibility index (Phi) is 7.16. The zero-order valence-corrected chi connectivity index (χ0v) is 14.2. The van der Waals surface area contributed by atoms with Gasteiger partial charge in [-0.3, -0.25) is 0 Å². The minimum Gasteiger partial charge on any atom is -0.316 e. The van der Waals surface area contributed by atoms with Crippen LogP contribution >= 0.6 is 35.6 Å². The molecular formula is C12H16Cl3FN2O2S. The van der Waals surface area contributed by atoms with Crippen molar-refractivity contribution in [3.8, 4) is 0 Å². The van der Waals surface area contributed by atoms with E-state index in [1.54, 1.807) is 0 Å². The van der Waals surface area contributed by atoms with Crippen molar-refractivity contribution in [3.63, 3.8) is 0 Å². The number of hydrogen-bond acceptors (Lipinski definition) is 3. The molecule has 0 amide bonds. The summed E-state index contributed by atoms with van der Waals surface area (Å²) in [5, 5.41) is 2.78. The fourth-order valence-corrected chi connectivity index (χ4v) is 4.45. The first-order chi connectivity index (χ1) is 9.40. The van der Waals surface area contributed by atoms with E-state index in [-0.39, 0.29) is 27.3 Å². The van der Waals surface area contributed by atoms with Crippen molar-refractivity contribution in [1.29, 1.82) is 0 Å². The van der Waals surface area contributed by atoms with Crippen LogP contribution in [-0.2, 0) is 10.0 Å². The largest absolute Gasteiger partial charge is 0.316 e. The van der Waals surface area contributed by atoms with E-state index in [4.69, 9.17) is 23.2 Å². The molecule has 1 atom stereocenters. The van der Waals surface area contributed by atoms with Gasteiger partial charge in [-0.15, -0.1) is 12.4 Å². The molecule has 2 rings (SSSR count). The Morgan fingerprint density at radius 2 is 1.95 bits per heavy atom. The molecule has 1 saturated heterocycles. The third-order valence-corrected chi connectivity index (χ3v) is 5.62. The molecule has 1 aliphatic rings. The lowest BCUT2D eigenvalue weighted by Gasteiger charge is -2.12. The highest BCUT2D eigenvalue weighted by atomic mass is 35.5. The van der Waals surface area contributed by atoms with Gasteiger partial charge in [0.1, 0.15) is 10.7 Å². The van der Waals surface area contributed by atoms with E-state index < -0.39 is 15.8 Å². The Morgan fingerprint density at radius 3 is 2.48 bits per heavy atom. The Morgan fingerprint density at radius 1 is 1.33 bits per heavy atom. The van der Waals surface area contributed by atoms with Crippen molar-refractivity contribution in [2.75, 3.05) is 19.6 Å². The molecule has 0 bridgehead atoms. The third kappa shape index (κ3) is 4.94. The lowest BCUT2D eigenvalue weighted by molar-refractivity contribution is 0.519. The van der Waals surface area contributed by atoms with Gasteiger partial charge in [-0.2, -0.15) is 0 Å². The topological polar surface area (TPSA) is 58.2 Å². The summed E-state index contributed by atoms with van der Waals surface area (Å²) in [7, 11) is -3.83. The summed E-state index contributed by atoms with van der Waals surface area (Å²) in [4.78, 5) is -0.271. The van der Waals surface area contributed by atoms with Crippen LogP contribution in [0.1, 0.15) is 12.8 Å². The maximum atomic E-state index is 13.1. The molecular weight excluding hydrogens is 362 g/mol. The Balaban J connectivity index is 0.00000220. The summed E-state index contributed by atoms with van der Waals surface area (Å²) >= 11 is 11.5. The molecule has 1 heterocycles. The second kappa shape index (κ2) is 7.94. The van der Waals surface area contributed by atoms with E-state index in [0.717, 1.165) is 38.1 Å². The number of halogens is 4. The zero-order valence-electron chi connectivity index (χ0n) is 11.0. The molecule has 120 valence electrons. The number of sulfonamides is 1. The first kappa shape index (κ1) is 18.9. The van der Waals surface area contributed by atoms with E-state index >= 15 is 0 Å². The van der Waals surface area contributed by atoms with Crippen LogP contribution in [0.4, 0.5) is 4.39 Å². The van der Waals surface area contributed by atoms with Crippen LogP contribution in [0.3, 0.4) is 0 Å². The quantitative estimate of drug-likeness (QED) is 0.829. The molecule has 1 aromatic rings. The van der Waals surface area contributed by atoms with Gasteiger partial charge in [-0.05, 0) is 44.0 Å². The molecule has 1 fully saturated rings. The minimum absolute atomic E-state index is 0. The zero-order chi connectivity index (χ0) is 14.8. The molecule has 1 aromatic carbocycles. The number of rotatable bonds is 5. The Labute approximate surface area is 139 Å². The molecule has 4 nitrogen and oxygen atoms in total. The van der Waals surface area contributed by atoms with Gasteiger partial charge in [-0.25, -0.2) is 17.5 Å². The maximum Gasteiger partial charge on any atom is 0.243 e. The SMILES string of the molecule is Cl.O=S(=O)(NCCC1CCNC1)c1c(Cl)cc(F)cc1Cl. The van der Waals surface area contributed by atoms with Crippen molar-refractivity contribution in [2.45, 2.75) is 17.7 Å². The molecule has 0 saturated carbocycles. The fraction of sp³-hybridized carbons (Fsp3) is 0.500. The predicted molar refractivity (Wildman–Crippen MR) is 84.5 cm³/mol. The highest BCUT2D eigenvalue weighted by Gasteiger charge is 2.23. The average Bonchev–Trinajstić information content (AvgIpc) is 2.79. The molecule has 0 spiro atoms. The summed E-state index contributed by atoms with van der Waals surface area (Å²) in [6.07, 6.45) is 1.78. The minimum atomic E-state index is -3.83. The smallest absolute Gasteiger partial charge is 0.243 e. The van der Waals surface area contributed by atoms with Crippen LogP contribution in [0.25, 0.3) is 0 Å². The molecule has 21 heavy (non-hydrogen) atoms. The van der Waals surface area contributed by atoms with E-state index in [0.29, 0.717) is 12.5 Å². The molecule has 1 aliphatic heterocycles. The van der Waals surface area contributed by atoms with Gasteiger partial charge < -0.3 is 5.32 Å². The molecule has 0 aliphatic carbocycles. The third-order valence-electron chi connectivity index (χ3n) is 3.24. The molecule has 0 aromatic heterocycles. The first-order valence-electron chi connectivity index (χ1n) is 6.25. The van der Waals surface area contributed by atoms with Gasteiger partial charge >= 0.3 is 0 Å². The number of nitrogens with one attached hydrogen (secondary N) is 2. The average molecular weight is 378 g/mol. The Bertz CT molecular complexity index is 569. The van der Waals surface area contributed by atoms with Gasteiger partial charge in [-0.1, -0.05) is 23.2 Å². The first-order valence-corrected chi connectivity index (χ1v) is 8.49. The number of benzene rings is 1. The van der Waals surface area contributed by atoms with Crippen LogP contribution in [-0.4, -0.2) is 28.1 Å². The van der Waals surface area contributed by atoms with Crippen molar-refractivity contribution < 1.29 is 12.8 Å². The summed E-state index contributed by atoms with van der Waals surface area (Å²) in [5.74, 6) is -0.201. The summed E-state index contributed by atoms with van der Waals surface area (Å²) in [6, 6.07) is 1.87. The van der Waals surface area contributed by atoms with Gasteiger partial charge in [0.25, 0.3) is 0 Å². The monoisotopic (exact) mass is 376 g/mol. The lowest BCUT2D eigenvalue weighted by Crippen LogP contribution is -2.27. The van der Waals surface area contributed by atoms with Gasteiger partial charge in [0, 0.05) is 6.54 Å². The van der Waals surface area contributed by atoms with Gasteiger partial charge in [0.2, 0.25) is 10.0 Å². The Hall–Kier alpha value is -0.110. The highest BCUT2D eigenvalue weighted by Crippen LogP contribution is 2.30. The maximum absolute atomic E-state index is 13.1. The summed E-state index contributed by atoms with van der Waals surface area (Å²) in [6.45, 7) is 2.17. The summed E-state index contributed by atoms with van der Waals surface area (Å²) < 4.78 is 39.8. The highest BCUT2D eigenvalue weighted by molar-refractivity contribution is 7.89. The van der Waals surface area contributed by atoms with Crippen molar-refractivity contribution in [3.05, 3.63) is 28.0 Å². The molecule has 1 unspecified atom stereocenters. The molecule has 9 heteroatoms. The predicted octanol–water partition coefficient (Wildman–Crippen LogP) is 2.83. The second-order valence-electron chi connectivity index (χ2n) is 4.74. The number of hydrogen-bond donors (Lipinski definition) is 2. The normalized spacial score (nSPS) is 18.5. The van der Waals surface area contributed by atoms with E-state index in [9.17, 15) is 12.8 Å². The van der Waals surface area contributed by atoms with E-state index in [2.05, 4.69) is 10.0 Å². The van der Waals surface area contributed by atoms with Crippen LogP contribution in [0, 0.1) is 11.7 Å². The van der Waals surface area contributed by atoms with Crippen molar-refractivity contribution >= 4 is 45.6 Å². The lowest BCUT2D eigenvalue weighted by atomic mass is 10.1. The standard InChI is InChI=1S/C12H15Cl2FN2O2S.ClH/c13-10-5-9(15)6-11(14)12(10)20(18,19)17-4-2-8-1-3-16-7-8;/h5-6,8,16-17H,1-4,7H2;1H. The van der Waals surface area contributed by atoms with Gasteiger partial charge in [0.15, 0.2) is 0 Å². The fourth-order valence-electron chi connectivity index (χ4n) is 2.22. The van der Waals surface area contributed by atoms with E-state index in [1.807, 2.05) is 0 Å². The van der Waals surface area contributed by atoms with Crippen LogP contribution in [0.5, 0.6) is 0 Å². The van der Waals surface area contributed by atoms with Crippen molar-refractivity contribution in [1.82, 2.24) is 10.0 Å². The van der Waals surface area contributed by atoms with Crippen LogP contribution in [0.15, 0.2) is 17.0 Å². The van der Waals surface area contributed by atoms with Crippen LogP contribution < -0.4 is 10.0 Å². The summed E-state index contributed by atoms with van der Waals surface area (Å²) in [5.41, 5.74) is 0. The van der Waals surface area contributed by atoms with E-state index in [1.165, 1.54) is 0 Å². The van der Waals surface area contributed by atoms with Crippen LogP contribution in [0.2, 0.25) is 10.0 Å². The van der Waals surface area contributed by atoms with Gasteiger partial charge in [0.05, 0.1) is 10.0 Å². The molecule has 0 radical (unpaired) electrons.